The molecule has 114 valence electrons. The highest BCUT2D eigenvalue weighted by molar-refractivity contribution is 6.32. The molecule has 0 heterocycles. The molecule has 0 bridgehead atoms. The van der Waals surface area contributed by atoms with Gasteiger partial charge in [-0.15, -0.1) is 11.6 Å². The molecule has 0 saturated heterocycles. The van der Waals surface area contributed by atoms with Crippen LogP contribution in [0.25, 0.3) is 0 Å². The molecule has 0 unspecified atom stereocenters. The number of nitrogens with two attached hydrogens (primary N) is 1. The van der Waals surface area contributed by atoms with Gasteiger partial charge in [-0.05, 0) is 24.3 Å². The summed E-state index contributed by atoms with van der Waals surface area (Å²) >= 11 is 11.3. The minimum atomic E-state index is -0.668. The van der Waals surface area contributed by atoms with Crippen molar-refractivity contribution in [2.45, 2.75) is 0 Å². The Morgan fingerprint density at radius 2 is 1.86 bits per heavy atom. The van der Waals surface area contributed by atoms with Gasteiger partial charge < -0.3 is 11.1 Å². The molecule has 2 aromatic rings. The third-order valence-corrected chi connectivity index (χ3v) is 3.36. The van der Waals surface area contributed by atoms with Crippen molar-refractivity contribution in [1.82, 2.24) is 0 Å². The Labute approximate surface area is 136 Å². The zero-order valence-electron chi connectivity index (χ0n) is 11.2. The van der Waals surface area contributed by atoms with Gasteiger partial charge >= 0.3 is 0 Å². The van der Waals surface area contributed by atoms with Crippen LogP contribution in [0.2, 0.25) is 5.02 Å². The molecule has 22 heavy (non-hydrogen) atoms. The summed E-state index contributed by atoms with van der Waals surface area (Å²) in [7, 11) is 0. The van der Waals surface area contributed by atoms with Crippen molar-refractivity contribution in [2.24, 2.45) is 0 Å². The van der Waals surface area contributed by atoms with E-state index in [4.69, 9.17) is 28.9 Å². The summed E-state index contributed by atoms with van der Waals surface area (Å²) in [5.74, 6) is -2.07. The van der Waals surface area contributed by atoms with E-state index < -0.39 is 17.5 Å². The lowest BCUT2D eigenvalue weighted by Crippen LogP contribution is -2.16. The number of ketones is 1. The normalized spacial score (nSPS) is 10.3. The van der Waals surface area contributed by atoms with E-state index in [0.29, 0.717) is 0 Å². The summed E-state index contributed by atoms with van der Waals surface area (Å²) < 4.78 is 13.7. The molecule has 0 radical (unpaired) electrons. The predicted molar refractivity (Wildman–Crippen MR) is 85.0 cm³/mol. The fourth-order valence-electron chi connectivity index (χ4n) is 1.88. The topological polar surface area (TPSA) is 72.2 Å². The Bertz CT molecular complexity index is 750. The molecule has 0 aliphatic heterocycles. The number of nitrogens with one attached hydrogen (secondary N) is 1. The van der Waals surface area contributed by atoms with Gasteiger partial charge in [0.05, 0.1) is 16.9 Å². The molecule has 0 aliphatic carbocycles. The largest absolute Gasteiger partial charge is 0.396 e. The number of halogens is 3. The van der Waals surface area contributed by atoms with Gasteiger partial charge in [0.15, 0.2) is 5.78 Å². The van der Waals surface area contributed by atoms with E-state index in [1.807, 2.05) is 0 Å². The number of amides is 1. The van der Waals surface area contributed by atoms with Crippen LogP contribution < -0.4 is 11.1 Å². The molecule has 2 rings (SSSR count). The lowest BCUT2D eigenvalue weighted by atomic mass is 10.0. The number of benzene rings is 2. The van der Waals surface area contributed by atoms with Gasteiger partial charge in [-0.1, -0.05) is 23.7 Å². The minimum absolute atomic E-state index is 0.00229. The maximum Gasteiger partial charge on any atom is 0.239 e. The first-order chi connectivity index (χ1) is 10.4. The fourth-order valence-corrected chi connectivity index (χ4v) is 2.17. The third-order valence-electron chi connectivity index (χ3n) is 2.90. The van der Waals surface area contributed by atoms with Crippen LogP contribution in [-0.2, 0) is 4.79 Å². The van der Waals surface area contributed by atoms with Crippen LogP contribution in [-0.4, -0.2) is 17.6 Å². The number of carbonyl (C=O) groups is 2. The van der Waals surface area contributed by atoms with Crippen LogP contribution >= 0.6 is 23.2 Å². The number of rotatable bonds is 4. The van der Waals surface area contributed by atoms with Crippen molar-refractivity contribution in [3.8, 4) is 0 Å². The van der Waals surface area contributed by atoms with Crippen molar-refractivity contribution in [3.05, 3.63) is 58.4 Å². The van der Waals surface area contributed by atoms with E-state index in [2.05, 4.69) is 5.32 Å². The molecular weight excluding hydrogens is 330 g/mol. The quantitative estimate of drug-likeness (QED) is 0.508. The highest BCUT2D eigenvalue weighted by Gasteiger charge is 2.19. The van der Waals surface area contributed by atoms with Crippen LogP contribution in [0.3, 0.4) is 0 Å². The Balaban J connectivity index is 2.49. The Hall–Kier alpha value is -2.11. The summed E-state index contributed by atoms with van der Waals surface area (Å²) in [5, 5.41) is 2.62. The van der Waals surface area contributed by atoms with E-state index >= 15 is 0 Å². The second-order valence-corrected chi connectivity index (χ2v) is 5.11. The minimum Gasteiger partial charge on any atom is -0.396 e. The molecule has 0 spiro atoms. The average Bonchev–Trinajstić information content (AvgIpc) is 2.50. The number of hydrogen-bond donors (Lipinski definition) is 2. The first-order valence-corrected chi connectivity index (χ1v) is 7.09. The number of alkyl halides is 1. The van der Waals surface area contributed by atoms with E-state index in [0.717, 1.165) is 0 Å². The standard InChI is InChI=1S/C15H11Cl2FN2O2/c16-7-13(21)20-12-6-8(17)5-10(14(12)19)15(22)9-3-1-2-4-11(9)18/h1-6H,7,19H2,(H,20,21). The molecule has 7 heteroatoms. The maximum absolute atomic E-state index is 13.7. The van der Waals surface area contributed by atoms with E-state index in [1.54, 1.807) is 0 Å². The zero-order valence-corrected chi connectivity index (χ0v) is 12.7. The SMILES string of the molecule is Nc1c(NC(=O)CCl)cc(Cl)cc1C(=O)c1ccccc1F. The van der Waals surface area contributed by atoms with Crippen molar-refractivity contribution in [1.29, 1.82) is 0 Å². The van der Waals surface area contributed by atoms with Gasteiger partial charge in [0.1, 0.15) is 11.7 Å². The smallest absolute Gasteiger partial charge is 0.239 e. The van der Waals surface area contributed by atoms with Crippen molar-refractivity contribution < 1.29 is 14.0 Å². The number of carbonyl (C=O) groups excluding carboxylic acids is 2. The highest BCUT2D eigenvalue weighted by atomic mass is 35.5. The van der Waals surface area contributed by atoms with E-state index in [-0.39, 0.29) is 33.4 Å². The van der Waals surface area contributed by atoms with Gasteiger partial charge in [0.25, 0.3) is 0 Å². The first kappa shape index (κ1) is 16.3. The molecule has 0 atom stereocenters. The van der Waals surface area contributed by atoms with Gasteiger partial charge in [-0.25, -0.2) is 4.39 Å². The second kappa shape index (κ2) is 6.77. The summed E-state index contributed by atoms with van der Waals surface area (Å²) in [5.41, 5.74) is 5.90. The summed E-state index contributed by atoms with van der Waals surface area (Å²) in [6.07, 6.45) is 0. The number of hydrogen-bond acceptors (Lipinski definition) is 3. The molecule has 0 fully saturated rings. The van der Waals surface area contributed by atoms with Crippen LogP contribution in [0.1, 0.15) is 15.9 Å². The number of anilines is 2. The number of nitrogen functional groups attached to an aromatic ring is 1. The summed E-state index contributed by atoms with van der Waals surface area (Å²) in [6, 6.07) is 8.23. The van der Waals surface area contributed by atoms with E-state index in [1.165, 1.54) is 36.4 Å². The van der Waals surface area contributed by atoms with Crippen LogP contribution in [0.4, 0.5) is 15.8 Å². The van der Waals surface area contributed by atoms with Crippen molar-refractivity contribution >= 4 is 46.3 Å². The Morgan fingerprint density at radius 3 is 2.50 bits per heavy atom. The molecular formula is C15H11Cl2FN2O2. The Kier molecular flexibility index (Phi) is 5.00. The average molecular weight is 341 g/mol. The monoisotopic (exact) mass is 340 g/mol. The molecule has 0 aliphatic rings. The molecule has 1 amide bonds. The van der Waals surface area contributed by atoms with Crippen LogP contribution in [0.15, 0.2) is 36.4 Å². The van der Waals surface area contributed by atoms with Gasteiger partial charge in [0.2, 0.25) is 5.91 Å². The second-order valence-electron chi connectivity index (χ2n) is 4.41. The summed E-state index contributed by atoms with van der Waals surface area (Å²) in [4.78, 5) is 23.8. The van der Waals surface area contributed by atoms with Crippen molar-refractivity contribution in [3.63, 3.8) is 0 Å². The third kappa shape index (κ3) is 3.37. The van der Waals surface area contributed by atoms with Gasteiger partial charge in [0, 0.05) is 10.6 Å². The van der Waals surface area contributed by atoms with E-state index in [9.17, 15) is 14.0 Å². The first-order valence-electron chi connectivity index (χ1n) is 6.18. The predicted octanol–water partition coefficient (Wildman–Crippen LogP) is 3.47. The molecule has 3 N–H and O–H groups in total. The van der Waals surface area contributed by atoms with Gasteiger partial charge in [-0.3, -0.25) is 9.59 Å². The highest BCUT2D eigenvalue weighted by Crippen LogP contribution is 2.30. The fraction of sp³-hybridized carbons (Fsp3) is 0.0667. The molecule has 4 nitrogen and oxygen atoms in total. The molecule has 2 aromatic carbocycles. The Morgan fingerprint density at radius 1 is 1.18 bits per heavy atom. The lowest BCUT2D eigenvalue weighted by molar-refractivity contribution is -0.113. The van der Waals surface area contributed by atoms with Crippen LogP contribution in [0.5, 0.6) is 0 Å². The van der Waals surface area contributed by atoms with Gasteiger partial charge in [-0.2, -0.15) is 0 Å². The molecule has 0 saturated carbocycles. The molecule has 0 aromatic heterocycles. The zero-order chi connectivity index (χ0) is 16.3. The summed E-state index contributed by atoms with van der Waals surface area (Å²) in [6.45, 7) is 0. The lowest BCUT2D eigenvalue weighted by Gasteiger charge is -2.12. The van der Waals surface area contributed by atoms with Crippen molar-refractivity contribution in [2.75, 3.05) is 16.9 Å². The maximum atomic E-state index is 13.7. The van der Waals surface area contributed by atoms with Crippen LogP contribution in [0, 0.1) is 5.82 Å².